The molecule has 0 amide bonds. The van der Waals surface area contributed by atoms with Gasteiger partial charge in [-0.3, -0.25) is 0 Å². The Labute approximate surface area is 68.6 Å². The monoisotopic (exact) mass is 155 g/mol. The summed E-state index contributed by atoms with van der Waals surface area (Å²) in [4.78, 5) is 0. The molecule has 0 aromatic heterocycles. The number of oxime groups is 1. The molecule has 0 aliphatic carbocycles. The predicted octanol–water partition coefficient (Wildman–Crippen LogP) is 2.68. The van der Waals surface area contributed by atoms with Crippen molar-refractivity contribution in [2.45, 2.75) is 26.7 Å². The van der Waals surface area contributed by atoms with Crippen molar-refractivity contribution in [3.63, 3.8) is 0 Å². The van der Waals surface area contributed by atoms with Crippen LogP contribution in [0.3, 0.4) is 0 Å². The van der Waals surface area contributed by atoms with Crippen molar-refractivity contribution in [1.82, 2.24) is 0 Å². The van der Waals surface area contributed by atoms with Crippen LogP contribution < -0.4 is 0 Å². The molecule has 0 aromatic rings. The molecule has 64 valence electrons. The van der Waals surface area contributed by atoms with E-state index in [4.69, 9.17) is 5.21 Å². The summed E-state index contributed by atoms with van der Waals surface area (Å²) in [6, 6.07) is 0. The minimum atomic E-state index is 0.544. The van der Waals surface area contributed by atoms with Crippen LogP contribution in [0.15, 0.2) is 17.8 Å². The second-order valence-electron chi connectivity index (χ2n) is 2.95. The van der Waals surface area contributed by atoms with E-state index in [0.717, 1.165) is 12.8 Å². The molecule has 1 N–H and O–H groups in total. The normalized spacial score (nSPS) is 16.5. The molecule has 0 saturated heterocycles. The van der Waals surface area contributed by atoms with Gasteiger partial charge in [-0.05, 0) is 24.7 Å². The Morgan fingerprint density at radius 3 is 2.64 bits per heavy atom. The highest BCUT2D eigenvalue weighted by Gasteiger charge is 2.06. The second kappa shape index (κ2) is 5.96. The van der Waals surface area contributed by atoms with Crippen molar-refractivity contribution in [2.24, 2.45) is 17.0 Å². The summed E-state index contributed by atoms with van der Waals surface area (Å²) in [5.41, 5.74) is 0. The Hall–Kier alpha value is -0.790. The van der Waals surface area contributed by atoms with E-state index < -0.39 is 0 Å². The minimum absolute atomic E-state index is 0.544. The third kappa shape index (κ3) is 4.59. The summed E-state index contributed by atoms with van der Waals surface area (Å²) >= 11 is 0. The minimum Gasteiger partial charge on any atom is -0.411 e. The number of nitrogens with zero attached hydrogens (tertiary/aromatic N) is 1. The number of hydrogen-bond donors (Lipinski definition) is 1. The molecule has 0 radical (unpaired) electrons. The highest BCUT2D eigenvalue weighted by atomic mass is 16.4. The largest absolute Gasteiger partial charge is 0.411 e. The maximum atomic E-state index is 8.12. The Kier molecular flexibility index (Phi) is 5.53. The molecular formula is C9H17NO. The van der Waals surface area contributed by atoms with Crippen LogP contribution in [0.4, 0.5) is 0 Å². The fraction of sp³-hybridized carbons (Fsp3) is 0.667. The van der Waals surface area contributed by atoms with Gasteiger partial charge in [0.25, 0.3) is 0 Å². The Morgan fingerprint density at radius 2 is 2.18 bits per heavy atom. The molecule has 0 rings (SSSR count). The van der Waals surface area contributed by atoms with E-state index >= 15 is 0 Å². The van der Waals surface area contributed by atoms with Crippen LogP contribution >= 0.6 is 0 Å². The molecule has 0 aromatic carbocycles. The van der Waals surface area contributed by atoms with E-state index in [0.29, 0.717) is 11.8 Å². The molecule has 0 spiro atoms. The molecule has 0 unspecified atom stereocenters. The van der Waals surface area contributed by atoms with Crippen molar-refractivity contribution in [3.05, 3.63) is 12.7 Å². The first-order valence-electron chi connectivity index (χ1n) is 4.00. The fourth-order valence-electron chi connectivity index (χ4n) is 0.890. The van der Waals surface area contributed by atoms with E-state index in [2.05, 4.69) is 25.6 Å². The predicted molar refractivity (Wildman–Crippen MR) is 48.0 cm³/mol. The summed E-state index contributed by atoms with van der Waals surface area (Å²) in [5, 5.41) is 11.1. The van der Waals surface area contributed by atoms with Crippen molar-refractivity contribution >= 4 is 6.21 Å². The molecule has 0 aliphatic rings. The first-order chi connectivity index (χ1) is 5.22. The molecular weight excluding hydrogens is 138 g/mol. The van der Waals surface area contributed by atoms with Gasteiger partial charge in [-0.15, -0.1) is 11.7 Å². The average molecular weight is 155 g/mol. The lowest BCUT2D eigenvalue weighted by Gasteiger charge is -2.13. The van der Waals surface area contributed by atoms with Gasteiger partial charge in [-0.2, -0.15) is 0 Å². The van der Waals surface area contributed by atoms with Gasteiger partial charge < -0.3 is 5.21 Å². The molecule has 11 heavy (non-hydrogen) atoms. The van der Waals surface area contributed by atoms with Crippen molar-refractivity contribution < 1.29 is 5.21 Å². The van der Waals surface area contributed by atoms with Gasteiger partial charge >= 0.3 is 0 Å². The van der Waals surface area contributed by atoms with E-state index in [-0.39, 0.29) is 0 Å². The lowest BCUT2D eigenvalue weighted by Crippen LogP contribution is -2.04. The lowest BCUT2D eigenvalue weighted by molar-refractivity contribution is 0.319. The Balaban J connectivity index is 3.50. The summed E-state index contributed by atoms with van der Waals surface area (Å²) in [6.07, 6.45) is 5.39. The standard InChI is InChI=1S/C9H17NO/c1-4-8(2)9(3)6-5-7-10-11/h4,7-9,11H,1,5-6H2,2-3H3/t8-,9-/m0/s1. The van der Waals surface area contributed by atoms with Gasteiger partial charge in [0.15, 0.2) is 0 Å². The van der Waals surface area contributed by atoms with Gasteiger partial charge in [0.05, 0.1) is 0 Å². The zero-order chi connectivity index (χ0) is 8.69. The fourth-order valence-corrected chi connectivity index (χ4v) is 0.890. The molecule has 0 bridgehead atoms. The number of rotatable bonds is 5. The maximum absolute atomic E-state index is 8.12. The first kappa shape index (κ1) is 10.2. The van der Waals surface area contributed by atoms with Crippen molar-refractivity contribution in [1.29, 1.82) is 0 Å². The van der Waals surface area contributed by atoms with Gasteiger partial charge in [0.2, 0.25) is 0 Å². The topological polar surface area (TPSA) is 32.6 Å². The van der Waals surface area contributed by atoms with Crippen LogP contribution in [0.25, 0.3) is 0 Å². The third-order valence-electron chi connectivity index (χ3n) is 2.10. The SMILES string of the molecule is C=C[C@H](C)[C@@H](C)CCC=NO. The van der Waals surface area contributed by atoms with Gasteiger partial charge in [-0.1, -0.05) is 19.9 Å². The van der Waals surface area contributed by atoms with Crippen LogP contribution in [0.5, 0.6) is 0 Å². The molecule has 0 heterocycles. The van der Waals surface area contributed by atoms with Crippen LogP contribution in [0, 0.1) is 11.8 Å². The van der Waals surface area contributed by atoms with E-state index in [9.17, 15) is 0 Å². The van der Waals surface area contributed by atoms with Gasteiger partial charge in [0, 0.05) is 6.21 Å². The molecule has 2 nitrogen and oxygen atoms in total. The number of hydrogen-bond acceptors (Lipinski definition) is 2. The van der Waals surface area contributed by atoms with Crippen LogP contribution in [-0.4, -0.2) is 11.4 Å². The molecule has 2 heteroatoms. The van der Waals surface area contributed by atoms with Crippen molar-refractivity contribution in [2.75, 3.05) is 0 Å². The zero-order valence-corrected chi connectivity index (χ0v) is 7.33. The second-order valence-corrected chi connectivity index (χ2v) is 2.95. The first-order valence-corrected chi connectivity index (χ1v) is 4.00. The van der Waals surface area contributed by atoms with Crippen LogP contribution in [-0.2, 0) is 0 Å². The molecule has 0 aliphatic heterocycles. The summed E-state index contributed by atoms with van der Waals surface area (Å²) in [6.45, 7) is 8.05. The van der Waals surface area contributed by atoms with Gasteiger partial charge in [0.1, 0.15) is 0 Å². The average Bonchev–Trinajstić information content (AvgIpc) is 2.03. The van der Waals surface area contributed by atoms with E-state index in [1.807, 2.05) is 6.08 Å². The van der Waals surface area contributed by atoms with Crippen LogP contribution in [0.2, 0.25) is 0 Å². The Bertz CT molecular complexity index is 132. The molecule has 0 fully saturated rings. The molecule has 0 saturated carbocycles. The smallest absolute Gasteiger partial charge is 0.0436 e. The molecule has 2 atom stereocenters. The van der Waals surface area contributed by atoms with Crippen molar-refractivity contribution in [3.8, 4) is 0 Å². The van der Waals surface area contributed by atoms with Crippen LogP contribution in [0.1, 0.15) is 26.7 Å². The highest BCUT2D eigenvalue weighted by Crippen LogP contribution is 2.16. The van der Waals surface area contributed by atoms with E-state index in [1.54, 1.807) is 0 Å². The highest BCUT2D eigenvalue weighted by molar-refractivity contribution is 5.55. The summed E-state index contributed by atoms with van der Waals surface area (Å²) in [5.74, 6) is 1.16. The zero-order valence-electron chi connectivity index (χ0n) is 7.33. The summed E-state index contributed by atoms with van der Waals surface area (Å²) < 4.78 is 0. The summed E-state index contributed by atoms with van der Waals surface area (Å²) in [7, 11) is 0. The van der Waals surface area contributed by atoms with E-state index in [1.165, 1.54) is 6.21 Å². The number of allylic oxidation sites excluding steroid dienone is 1. The third-order valence-corrected chi connectivity index (χ3v) is 2.10. The van der Waals surface area contributed by atoms with Gasteiger partial charge in [-0.25, -0.2) is 0 Å². The quantitative estimate of drug-likeness (QED) is 0.281. The lowest BCUT2D eigenvalue weighted by atomic mass is 9.92. The Morgan fingerprint density at radius 1 is 1.55 bits per heavy atom. The maximum Gasteiger partial charge on any atom is 0.0436 e.